The van der Waals surface area contributed by atoms with Crippen molar-refractivity contribution in [1.29, 1.82) is 0 Å². The zero-order valence-electron chi connectivity index (χ0n) is 18.2. The molecule has 1 aliphatic rings. The number of amides is 2. The van der Waals surface area contributed by atoms with Gasteiger partial charge < -0.3 is 14.6 Å². The van der Waals surface area contributed by atoms with E-state index in [2.05, 4.69) is 5.32 Å². The van der Waals surface area contributed by atoms with Crippen LogP contribution in [0.15, 0.2) is 45.6 Å². The molecule has 33 heavy (non-hydrogen) atoms. The third-order valence-corrected chi connectivity index (χ3v) is 5.81. The zero-order chi connectivity index (χ0) is 23.5. The van der Waals surface area contributed by atoms with E-state index in [-0.39, 0.29) is 36.1 Å². The lowest BCUT2D eigenvalue weighted by molar-refractivity contribution is -0.384. The number of carbonyl (C=O) groups is 2. The van der Waals surface area contributed by atoms with Gasteiger partial charge in [0.1, 0.15) is 0 Å². The monoisotopic (exact) mass is 452 g/mol. The number of nitro benzene ring substituents is 1. The molecule has 1 aliphatic heterocycles. The van der Waals surface area contributed by atoms with Crippen LogP contribution in [0.2, 0.25) is 0 Å². The highest BCUT2D eigenvalue weighted by Gasteiger charge is 2.23. The summed E-state index contributed by atoms with van der Waals surface area (Å²) in [5.74, 6) is -0.989. The van der Waals surface area contributed by atoms with E-state index in [0.717, 1.165) is 31.5 Å². The largest absolute Gasteiger partial charge is 0.419 e. The van der Waals surface area contributed by atoms with E-state index >= 15 is 0 Å². The Morgan fingerprint density at radius 3 is 2.67 bits per heavy atom. The topological polar surface area (TPSA) is 128 Å². The lowest BCUT2D eigenvalue weighted by atomic mass is 10.1. The number of hydrogen-bond donors (Lipinski definition) is 1. The molecule has 0 atom stereocenters. The third-order valence-electron chi connectivity index (χ3n) is 5.81. The molecule has 0 bridgehead atoms. The number of anilines is 1. The molecule has 1 saturated heterocycles. The first kappa shape index (κ1) is 22.3. The van der Waals surface area contributed by atoms with E-state index in [1.54, 1.807) is 17.0 Å². The Morgan fingerprint density at radius 2 is 1.94 bits per heavy atom. The number of nitro groups is 1. The maximum Gasteiger partial charge on any atom is 0.419 e. The van der Waals surface area contributed by atoms with E-state index in [0.29, 0.717) is 23.2 Å². The van der Waals surface area contributed by atoms with Gasteiger partial charge in [-0.3, -0.25) is 24.3 Å². The summed E-state index contributed by atoms with van der Waals surface area (Å²) < 4.78 is 6.46. The fourth-order valence-corrected chi connectivity index (χ4v) is 4.08. The molecular formula is C23H24N4O6. The number of para-hydroxylation sites is 1. The molecule has 0 aliphatic carbocycles. The smallest absolute Gasteiger partial charge is 0.407 e. The number of oxazole rings is 1. The van der Waals surface area contributed by atoms with Crippen molar-refractivity contribution < 1.29 is 18.9 Å². The fourth-order valence-electron chi connectivity index (χ4n) is 4.08. The molecule has 0 spiro atoms. The van der Waals surface area contributed by atoms with Gasteiger partial charge in [0.2, 0.25) is 5.91 Å². The van der Waals surface area contributed by atoms with Crippen molar-refractivity contribution in [1.82, 2.24) is 9.47 Å². The summed E-state index contributed by atoms with van der Waals surface area (Å²) in [6.45, 7) is 3.49. The number of aromatic nitrogens is 1. The predicted octanol–water partition coefficient (Wildman–Crippen LogP) is 3.47. The SMILES string of the molecule is Cc1cccc(C(=O)N2CCCC2)c1NC(=O)CCCn1c(=O)oc2cc([N+](=O)[O-])ccc21. The van der Waals surface area contributed by atoms with Crippen LogP contribution in [0.25, 0.3) is 11.1 Å². The second-order valence-corrected chi connectivity index (χ2v) is 8.08. The first-order valence-corrected chi connectivity index (χ1v) is 10.8. The number of carbonyl (C=O) groups excluding carboxylic acids is 2. The molecule has 1 N–H and O–H groups in total. The van der Waals surface area contributed by atoms with Crippen LogP contribution in [0, 0.1) is 17.0 Å². The molecular weight excluding hydrogens is 428 g/mol. The minimum atomic E-state index is -0.636. The van der Waals surface area contributed by atoms with Gasteiger partial charge in [-0.1, -0.05) is 12.1 Å². The number of hydrogen-bond acceptors (Lipinski definition) is 6. The quantitative estimate of drug-likeness (QED) is 0.432. The van der Waals surface area contributed by atoms with Crippen LogP contribution in [-0.2, 0) is 11.3 Å². The van der Waals surface area contributed by atoms with Crippen molar-refractivity contribution in [3.63, 3.8) is 0 Å². The van der Waals surface area contributed by atoms with Gasteiger partial charge in [0.25, 0.3) is 11.6 Å². The highest BCUT2D eigenvalue weighted by Crippen LogP contribution is 2.25. The molecule has 10 heteroatoms. The number of fused-ring (bicyclic) bond motifs is 1. The van der Waals surface area contributed by atoms with Crippen molar-refractivity contribution in [3.8, 4) is 0 Å². The van der Waals surface area contributed by atoms with Crippen LogP contribution in [0.3, 0.4) is 0 Å². The number of non-ortho nitro benzene ring substituents is 1. The van der Waals surface area contributed by atoms with Crippen LogP contribution in [0.5, 0.6) is 0 Å². The second kappa shape index (κ2) is 9.27. The van der Waals surface area contributed by atoms with Gasteiger partial charge in [-0.05, 0) is 43.9 Å². The summed E-state index contributed by atoms with van der Waals surface area (Å²) >= 11 is 0. The lowest BCUT2D eigenvalue weighted by Gasteiger charge is -2.19. The van der Waals surface area contributed by atoms with Crippen molar-refractivity contribution in [2.24, 2.45) is 0 Å². The fraction of sp³-hybridized carbons (Fsp3) is 0.348. The Balaban J connectivity index is 1.43. The molecule has 10 nitrogen and oxygen atoms in total. The molecule has 2 amide bonds. The maximum atomic E-state index is 12.9. The number of nitrogens with zero attached hydrogens (tertiary/aromatic N) is 3. The summed E-state index contributed by atoms with van der Waals surface area (Å²) in [5.41, 5.74) is 2.18. The average Bonchev–Trinajstić information content (AvgIpc) is 3.42. The highest BCUT2D eigenvalue weighted by molar-refractivity contribution is 6.04. The molecule has 172 valence electrons. The Kier molecular flexibility index (Phi) is 6.25. The Morgan fingerprint density at radius 1 is 1.18 bits per heavy atom. The van der Waals surface area contributed by atoms with Gasteiger partial charge >= 0.3 is 5.76 Å². The van der Waals surface area contributed by atoms with Crippen LogP contribution in [-0.4, -0.2) is 39.3 Å². The van der Waals surface area contributed by atoms with Crippen molar-refractivity contribution in [2.75, 3.05) is 18.4 Å². The van der Waals surface area contributed by atoms with Gasteiger partial charge in [-0.15, -0.1) is 0 Å². The minimum Gasteiger partial charge on any atom is -0.407 e. The molecule has 4 rings (SSSR count). The zero-order valence-corrected chi connectivity index (χ0v) is 18.2. The van der Waals surface area contributed by atoms with Crippen LogP contribution >= 0.6 is 0 Å². The molecule has 0 saturated carbocycles. The predicted molar refractivity (Wildman–Crippen MR) is 121 cm³/mol. The molecule has 3 aromatic rings. The van der Waals surface area contributed by atoms with Gasteiger partial charge in [0.05, 0.1) is 27.8 Å². The number of benzene rings is 2. The summed E-state index contributed by atoms with van der Waals surface area (Å²) in [6, 6.07) is 9.33. The van der Waals surface area contributed by atoms with Crippen molar-refractivity contribution in [3.05, 3.63) is 68.2 Å². The maximum absolute atomic E-state index is 12.9. The molecule has 0 unspecified atom stereocenters. The normalized spacial score (nSPS) is 13.4. The lowest BCUT2D eigenvalue weighted by Crippen LogP contribution is -2.29. The van der Waals surface area contributed by atoms with E-state index < -0.39 is 10.7 Å². The summed E-state index contributed by atoms with van der Waals surface area (Å²) in [6.07, 6.45) is 2.43. The van der Waals surface area contributed by atoms with E-state index in [1.807, 2.05) is 13.0 Å². The summed E-state index contributed by atoms with van der Waals surface area (Å²) in [7, 11) is 0. The van der Waals surface area contributed by atoms with E-state index in [1.165, 1.54) is 22.8 Å². The van der Waals surface area contributed by atoms with Gasteiger partial charge in [-0.2, -0.15) is 0 Å². The second-order valence-electron chi connectivity index (χ2n) is 8.08. The van der Waals surface area contributed by atoms with Crippen molar-refractivity contribution >= 4 is 34.3 Å². The molecule has 1 aromatic heterocycles. The third kappa shape index (κ3) is 4.64. The highest BCUT2D eigenvalue weighted by atomic mass is 16.6. The van der Waals surface area contributed by atoms with Gasteiger partial charge in [0.15, 0.2) is 5.58 Å². The Bertz CT molecular complexity index is 1290. The number of rotatable bonds is 7. The van der Waals surface area contributed by atoms with E-state index in [9.17, 15) is 24.5 Å². The first-order valence-electron chi connectivity index (χ1n) is 10.8. The molecule has 1 fully saturated rings. The Labute approximate surface area is 188 Å². The van der Waals surface area contributed by atoms with Crippen molar-refractivity contribution in [2.45, 2.75) is 39.2 Å². The number of likely N-dealkylation sites (tertiary alicyclic amines) is 1. The van der Waals surface area contributed by atoms with Crippen LogP contribution in [0.1, 0.15) is 41.6 Å². The Hall–Kier alpha value is -3.95. The van der Waals surface area contributed by atoms with E-state index in [4.69, 9.17) is 4.42 Å². The number of nitrogens with one attached hydrogen (secondary N) is 1. The van der Waals surface area contributed by atoms with Crippen LogP contribution < -0.4 is 11.1 Å². The molecule has 2 heterocycles. The molecule has 2 aromatic carbocycles. The van der Waals surface area contributed by atoms with Gasteiger partial charge in [0, 0.05) is 32.1 Å². The standard InChI is InChI=1S/C23H24N4O6/c1-15-6-4-7-17(22(29)25-11-2-3-12-25)21(15)24-20(28)8-5-13-26-18-10-9-16(27(31)32)14-19(18)33-23(26)30/h4,6-7,9-10,14H,2-3,5,8,11-13H2,1H3,(H,24,28). The average molecular weight is 452 g/mol. The first-order chi connectivity index (χ1) is 15.8. The summed E-state index contributed by atoms with van der Waals surface area (Å²) in [4.78, 5) is 49.8. The van der Waals surface area contributed by atoms with Crippen LogP contribution in [0.4, 0.5) is 11.4 Å². The number of aryl methyl sites for hydroxylation is 2. The molecule has 0 radical (unpaired) electrons. The summed E-state index contributed by atoms with van der Waals surface area (Å²) in [5, 5.41) is 13.8. The minimum absolute atomic E-state index is 0.0861. The van der Waals surface area contributed by atoms with Gasteiger partial charge in [-0.25, -0.2) is 4.79 Å².